The van der Waals surface area contributed by atoms with E-state index in [0.29, 0.717) is 6.54 Å². The van der Waals surface area contributed by atoms with Gasteiger partial charge in [-0.25, -0.2) is 0 Å². The van der Waals surface area contributed by atoms with Crippen molar-refractivity contribution in [2.24, 2.45) is 0 Å². The van der Waals surface area contributed by atoms with Crippen molar-refractivity contribution in [1.29, 1.82) is 0 Å². The summed E-state index contributed by atoms with van der Waals surface area (Å²) in [5.74, 6) is 0.865. The molecule has 1 N–H and O–H groups in total. The summed E-state index contributed by atoms with van der Waals surface area (Å²) in [4.78, 5) is 2.28. The van der Waals surface area contributed by atoms with Crippen LogP contribution in [0.25, 0.3) is 0 Å². The number of nitrogens with zero attached hydrogens (tertiary/aromatic N) is 1. The molecule has 1 saturated heterocycles. The summed E-state index contributed by atoms with van der Waals surface area (Å²) < 4.78 is 5.16. The zero-order valence-electron chi connectivity index (χ0n) is 10.8. The van der Waals surface area contributed by atoms with Crippen molar-refractivity contribution >= 4 is 5.69 Å². The summed E-state index contributed by atoms with van der Waals surface area (Å²) in [6.07, 6.45) is 1.69. The Morgan fingerprint density at radius 1 is 1.29 bits per heavy atom. The predicted molar refractivity (Wildman–Crippen MR) is 69.7 cm³/mol. The Bertz CT molecular complexity index is 372. The fraction of sp³-hybridized carbons (Fsp3) is 0.571. The molecule has 94 valence electrons. The number of anilines is 1. The van der Waals surface area contributed by atoms with E-state index in [-0.39, 0.29) is 11.6 Å². The van der Waals surface area contributed by atoms with Crippen molar-refractivity contribution in [3.8, 4) is 5.75 Å². The van der Waals surface area contributed by atoms with E-state index < -0.39 is 0 Å². The molecule has 17 heavy (non-hydrogen) atoms. The smallest absolute Gasteiger partial charge is 0.119 e. The Morgan fingerprint density at radius 2 is 1.94 bits per heavy atom. The van der Waals surface area contributed by atoms with E-state index >= 15 is 0 Å². The van der Waals surface area contributed by atoms with Crippen LogP contribution in [0.1, 0.15) is 26.7 Å². The first-order valence-corrected chi connectivity index (χ1v) is 6.13. The largest absolute Gasteiger partial charge is 0.497 e. The van der Waals surface area contributed by atoms with Gasteiger partial charge in [0.25, 0.3) is 0 Å². The molecule has 1 aromatic rings. The van der Waals surface area contributed by atoms with Crippen LogP contribution in [0.3, 0.4) is 0 Å². The van der Waals surface area contributed by atoms with E-state index in [1.807, 2.05) is 12.1 Å². The second-order valence-electron chi connectivity index (χ2n) is 5.31. The van der Waals surface area contributed by atoms with Gasteiger partial charge in [0.1, 0.15) is 5.75 Å². The summed E-state index contributed by atoms with van der Waals surface area (Å²) in [6.45, 7) is 5.16. The summed E-state index contributed by atoms with van der Waals surface area (Å²) >= 11 is 0. The fourth-order valence-corrected chi connectivity index (χ4v) is 2.42. The van der Waals surface area contributed by atoms with Gasteiger partial charge in [-0.2, -0.15) is 0 Å². The average Bonchev–Trinajstić information content (AvgIpc) is 2.33. The molecule has 1 aromatic carbocycles. The Balaban J connectivity index is 2.23. The number of benzene rings is 1. The standard InChI is InChI=1S/C14H21NO2/c1-14(2)9-8-12(16)10-15(14)11-4-6-13(17-3)7-5-11/h4-7,12,16H,8-10H2,1-3H3. The van der Waals surface area contributed by atoms with Gasteiger partial charge in [-0.1, -0.05) is 0 Å². The average molecular weight is 235 g/mol. The maximum atomic E-state index is 9.81. The Morgan fingerprint density at radius 3 is 2.53 bits per heavy atom. The van der Waals surface area contributed by atoms with E-state index in [9.17, 15) is 5.11 Å². The molecule has 0 bridgehead atoms. The Hall–Kier alpha value is -1.22. The number of aliphatic hydroxyl groups is 1. The maximum Gasteiger partial charge on any atom is 0.119 e. The molecule has 1 aliphatic heterocycles. The van der Waals surface area contributed by atoms with Gasteiger partial charge in [0.15, 0.2) is 0 Å². The van der Waals surface area contributed by atoms with Gasteiger partial charge in [0.05, 0.1) is 13.2 Å². The van der Waals surface area contributed by atoms with Crippen LogP contribution in [-0.2, 0) is 0 Å². The second kappa shape index (κ2) is 4.57. The van der Waals surface area contributed by atoms with Gasteiger partial charge in [-0.15, -0.1) is 0 Å². The molecule has 2 rings (SSSR count). The van der Waals surface area contributed by atoms with E-state index in [2.05, 4.69) is 30.9 Å². The molecule has 1 heterocycles. The van der Waals surface area contributed by atoms with Crippen LogP contribution in [-0.4, -0.2) is 30.4 Å². The van der Waals surface area contributed by atoms with E-state index in [0.717, 1.165) is 24.3 Å². The van der Waals surface area contributed by atoms with Crippen molar-refractivity contribution < 1.29 is 9.84 Å². The molecule has 3 nitrogen and oxygen atoms in total. The first-order valence-electron chi connectivity index (χ1n) is 6.13. The van der Waals surface area contributed by atoms with Crippen LogP contribution in [0.5, 0.6) is 5.75 Å². The molecular formula is C14H21NO2. The van der Waals surface area contributed by atoms with Gasteiger partial charge in [-0.05, 0) is 51.0 Å². The molecular weight excluding hydrogens is 214 g/mol. The highest BCUT2D eigenvalue weighted by Crippen LogP contribution is 2.33. The molecule has 0 aromatic heterocycles. The summed E-state index contributed by atoms with van der Waals surface area (Å²) in [5.41, 5.74) is 1.25. The molecule has 1 unspecified atom stereocenters. The van der Waals surface area contributed by atoms with E-state index in [1.54, 1.807) is 7.11 Å². The van der Waals surface area contributed by atoms with Gasteiger partial charge in [-0.3, -0.25) is 0 Å². The van der Waals surface area contributed by atoms with Gasteiger partial charge < -0.3 is 14.7 Å². The lowest BCUT2D eigenvalue weighted by molar-refractivity contribution is 0.126. The number of aliphatic hydroxyl groups excluding tert-OH is 1. The lowest BCUT2D eigenvalue weighted by Crippen LogP contribution is -2.52. The normalized spacial score (nSPS) is 23.5. The number of β-amino-alcohol motifs (C(OH)–C–C–N with tert-alkyl or cyclic N) is 1. The molecule has 0 amide bonds. The van der Waals surface area contributed by atoms with E-state index in [4.69, 9.17) is 4.74 Å². The van der Waals surface area contributed by atoms with Crippen LogP contribution in [0.4, 0.5) is 5.69 Å². The number of ether oxygens (including phenoxy) is 1. The number of piperidine rings is 1. The van der Waals surface area contributed by atoms with Gasteiger partial charge >= 0.3 is 0 Å². The van der Waals surface area contributed by atoms with Crippen molar-refractivity contribution in [1.82, 2.24) is 0 Å². The van der Waals surface area contributed by atoms with Crippen molar-refractivity contribution in [2.45, 2.75) is 38.3 Å². The van der Waals surface area contributed by atoms with Crippen LogP contribution in [0.15, 0.2) is 24.3 Å². The number of hydrogen-bond donors (Lipinski definition) is 1. The highest BCUT2D eigenvalue weighted by molar-refractivity contribution is 5.51. The van der Waals surface area contributed by atoms with Crippen LogP contribution in [0.2, 0.25) is 0 Å². The van der Waals surface area contributed by atoms with Crippen LogP contribution >= 0.6 is 0 Å². The predicted octanol–water partition coefficient (Wildman–Crippen LogP) is 2.43. The molecule has 0 saturated carbocycles. The molecule has 3 heteroatoms. The molecule has 0 aliphatic carbocycles. The molecule has 1 aliphatic rings. The van der Waals surface area contributed by atoms with Gasteiger partial charge in [0, 0.05) is 17.8 Å². The minimum Gasteiger partial charge on any atom is -0.497 e. The lowest BCUT2D eigenvalue weighted by Gasteiger charge is -2.46. The SMILES string of the molecule is COc1ccc(N2CC(O)CCC2(C)C)cc1. The molecule has 0 radical (unpaired) electrons. The topological polar surface area (TPSA) is 32.7 Å². The van der Waals surface area contributed by atoms with E-state index in [1.165, 1.54) is 0 Å². The second-order valence-corrected chi connectivity index (χ2v) is 5.31. The third-order valence-electron chi connectivity index (χ3n) is 3.60. The summed E-state index contributed by atoms with van der Waals surface area (Å²) in [6, 6.07) is 8.04. The fourth-order valence-electron chi connectivity index (χ4n) is 2.42. The Labute approximate surface area is 103 Å². The number of methoxy groups -OCH3 is 1. The lowest BCUT2D eigenvalue weighted by atomic mass is 9.88. The monoisotopic (exact) mass is 235 g/mol. The maximum absolute atomic E-state index is 9.81. The zero-order chi connectivity index (χ0) is 12.5. The highest BCUT2D eigenvalue weighted by Gasteiger charge is 2.33. The minimum atomic E-state index is -0.217. The highest BCUT2D eigenvalue weighted by atomic mass is 16.5. The summed E-state index contributed by atoms with van der Waals surface area (Å²) in [7, 11) is 1.67. The zero-order valence-corrected chi connectivity index (χ0v) is 10.8. The van der Waals surface area contributed by atoms with Crippen molar-refractivity contribution in [2.75, 3.05) is 18.6 Å². The van der Waals surface area contributed by atoms with Crippen LogP contribution < -0.4 is 9.64 Å². The van der Waals surface area contributed by atoms with Crippen molar-refractivity contribution in [3.63, 3.8) is 0 Å². The Kier molecular flexibility index (Phi) is 3.29. The molecule has 1 fully saturated rings. The van der Waals surface area contributed by atoms with Crippen molar-refractivity contribution in [3.05, 3.63) is 24.3 Å². The minimum absolute atomic E-state index is 0.105. The third kappa shape index (κ3) is 2.55. The number of hydrogen-bond acceptors (Lipinski definition) is 3. The quantitative estimate of drug-likeness (QED) is 0.854. The molecule has 1 atom stereocenters. The molecule has 0 spiro atoms. The third-order valence-corrected chi connectivity index (χ3v) is 3.60. The van der Waals surface area contributed by atoms with Crippen LogP contribution in [0, 0.1) is 0 Å². The first kappa shape index (κ1) is 12.2. The number of rotatable bonds is 2. The van der Waals surface area contributed by atoms with Gasteiger partial charge in [0.2, 0.25) is 0 Å². The summed E-state index contributed by atoms with van der Waals surface area (Å²) in [5, 5.41) is 9.81. The first-order chi connectivity index (χ1) is 8.03.